The van der Waals surface area contributed by atoms with Crippen molar-refractivity contribution in [2.75, 3.05) is 26.2 Å². The maximum atomic E-state index is 13.5. The normalized spacial score (nSPS) is 23.8. The van der Waals surface area contributed by atoms with Crippen LogP contribution in [0, 0.1) is 17.3 Å². The molecule has 176 valence electrons. The van der Waals surface area contributed by atoms with Crippen LogP contribution in [0.15, 0.2) is 24.3 Å². The van der Waals surface area contributed by atoms with E-state index >= 15 is 0 Å². The van der Waals surface area contributed by atoms with Crippen LogP contribution >= 0.6 is 11.6 Å². The van der Waals surface area contributed by atoms with Gasteiger partial charge in [0.1, 0.15) is 6.04 Å². The van der Waals surface area contributed by atoms with Gasteiger partial charge in [0.25, 0.3) is 0 Å². The zero-order valence-corrected chi connectivity index (χ0v) is 20.6. The third-order valence-corrected chi connectivity index (χ3v) is 7.30. The van der Waals surface area contributed by atoms with Crippen molar-refractivity contribution in [2.45, 2.75) is 59.4 Å². The molecule has 2 unspecified atom stereocenters. The highest BCUT2D eigenvalue weighted by Gasteiger charge is 2.41. The zero-order valence-electron chi connectivity index (χ0n) is 19.9. The highest BCUT2D eigenvalue weighted by molar-refractivity contribution is 6.30. The van der Waals surface area contributed by atoms with Crippen molar-refractivity contribution in [3.05, 3.63) is 34.9 Å². The Labute approximate surface area is 196 Å². The van der Waals surface area contributed by atoms with Crippen LogP contribution in [0.5, 0.6) is 0 Å². The maximum Gasteiger partial charge on any atom is 0.245 e. The molecule has 2 heterocycles. The monoisotopic (exact) mass is 461 g/mol. The van der Waals surface area contributed by atoms with E-state index in [4.69, 9.17) is 11.6 Å². The lowest BCUT2D eigenvalue weighted by Gasteiger charge is -2.45. The highest BCUT2D eigenvalue weighted by atomic mass is 35.5. The van der Waals surface area contributed by atoms with Gasteiger partial charge >= 0.3 is 0 Å². The average molecular weight is 462 g/mol. The summed E-state index contributed by atoms with van der Waals surface area (Å²) in [5.74, 6) is -0.0862. The smallest absolute Gasteiger partial charge is 0.245 e. The quantitative estimate of drug-likeness (QED) is 0.726. The van der Waals surface area contributed by atoms with Crippen molar-refractivity contribution in [2.24, 2.45) is 17.3 Å². The number of benzene rings is 1. The van der Waals surface area contributed by atoms with E-state index in [9.17, 15) is 14.4 Å². The first-order chi connectivity index (χ1) is 15.0. The van der Waals surface area contributed by atoms with Crippen LogP contribution < -0.4 is 5.32 Å². The molecule has 0 aromatic heterocycles. The van der Waals surface area contributed by atoms with Crippen LogP contribution in [-0.2, 0) is 14.4 Å². The molecule has 2 fully saturated rings. The Balaban J connectivity index is 1.66. The molecule has 2 saturated heterocycles. The molecular formula is C25H36ClN3O3. The molecule has 6 nitrogen and oxygen atoms in total. The number of hydrogen-bond donors (Lipinski definition) is 1. The van der Waals surface area contributed by atoms with Crippen molar-refractivity contribution in [3.63, 3.8) is 0 Å². The van der Waals surface area contributed by atoms with E-state index in [1.54, 1.807) is 4.90 Å². The first-order valence-corrected chi connectivity index (χ1v) is 12.0. The summed E-state index contributed by atoms with van der Waals surface area (Å²) < 4.78 is 0. The van der Waals surface area contributed by atoms with Crippen molar-refractivity contribution < 1.29 is 14.4 Å². The fraction of sp³-hybridized carbons (Fsp3) is 0.640. The number of nitrogens with zero attached hydrogens (tertiary/aromatic N) is 2. The lowest BCUT2D eigenvalue weighted by molar-refractivity contribution is -0.141. The molecule has 2 aliphatic heterocycles. The molecule has 2 aliphatic rings. The number of amides is 3. The Morgan fingerprint density at radius 2 is 1.69 bits per heavy atom. The summed E-state index contributed by atoms with van der Waals surface area (Å²) in [6, 6.07) is 7.44. The van der Waals surface area contributed by atoms with Gasteiger partial charge in [0.15, 0.2) is 0 Å². The summed E-state index contributed by atoms with van der Waals surface area (Å²) in [5.41, 5.74) is 1.15. The Morgan fingerprint density at radius 3 is 2.22 bits per heavy atom. The second kappa shape index (κ2) is 9.82. The van der Waals surface area contributed by atoms with Crippen LogP contribution in [0.25, 0.3) is 0 Å². The predicted molar refractivity (Wildman–Crippen MR) is 126 cm³/mol. The van der Waals surface area contributed by atoms with Crippen LogP contribution in [-0.4, -0.2) is 59.7 Å². The van der Waals surface area contributed by atoms with Gasteiger partial charge in [-0.1, -0.05) is 51.4 Å². The van der Waals surface area contributed by atoms with E-state index in [0.29, 0.717) is 38.5 Å². The fourth-order valence-electron chi connectivity index (χ4n) is 5.10. The highest BCUT2D eigenvalue weighted by Crippen LogP contribution is 2.42. The molecule has 0 aliphatic carbocycles. The van der Waals surface area contributed by atoms with E-state index in [2.05, 4.69) is 31.3 Å². The van der Waals surface area contributed by atoms with E-state index in [0.717, 1.165) is 11.4 Å². The fourth-order valence-corrected chi connectivity index (χ4v) is 5.23. The average Bonchev–Trinajstić information content (AvgIpc) is 3.22. The van der Waals surface area contributed by atoms with Crippen LogP contribution in [0.1, 0.15) is 58.9 Å². The summed E-state index contributed by atoms with van der Waals surface area (Å²) in [4.78, 5) is 41.5. The number of likely N-dealkylation sites (tertiary alicyclic amines) is 2. The molecule has 0 saturated carbocycles. The second-order valence-corrected chi connectivity index (χ2v) is 10.8. The lowest BCUT2D eigenvalue weighted by atomic mass is 9.70. The number of carbonyl (C=O) groups excluding carboxylic acids is 3. The Kier molecular flexibility index (Phi) is 7.53. The molecule has 3 atom stereocenters. The standard InChI is InChI=1S/C25H36ClN3O3/c1-16(2)22(27-23(31)19-10-12-28(14-19)17(3)30)24(32)29-13-11-21(25(4,5)15-29)18-6-8-20(26)9-7-18/h6-9,16,19,21-22H,10-15H2,1-5H3,(H,27,31)/t19?,21?,22-/m1/s1. The Bertz CT molecular complexity index is 852. The predicted octanol–water partition coefficient (Wildman–Crippen LogP) is 3.69. The molecule has 1 aromatic rings. The maximum absolute atomic E-state index is 13.5. The van der Waals surface area contributed by atoms with Gasteiger partial charge in [-0.3, -0.25) is 14.4 Å². The molecule has 1 N–H and O–H groups in total. The third kappa shape index (κ3) is 5.45. The van der Waals surface area contributed by atoms with Gasteiger partial charge < -0.3 is 15.1 Å². The topological polar surface area (TPSA) is 69.7 Å². The minimum atomic E-state index is -0.559. The molecule has 7 heteroatoms. The van der Waals surface area contributed by atoms with Gasteiger partial charge in [-0.2, -0.15) is 0 Å². The Hall–Kier alpha value is -2.08. The number of rotatable bonds is 5. The number of halogens is 1. The van der Waals surface area contributed by atoms with Gasteiger partial charge in [-0.05, 0) is 47.8 Å². The van der Waals surface area contributed by atoms with Gasteiger partial charge in [0, 0.05) is 38.1 Å². The number of hydrogen-bond acceptors (Lipinski definition) is 3. The van der Waals surface area contributed by atoms with E-state index in [1.807, 2.05) is 30.9 Å². The molecule has 32 heavy (non-hydrogen) atoms. The lowest BCUT2D eigenvalue weighted by Crippen LogP contribution is -2.56. The van der Waals surface area contributed by atoms with Crippen LogP contribution in [0.3, 0.4) is 0 Å². The number of piperidine rings is 1. The van der Waals surface area contributed by atoms with Crippen molar-refractivity contribution in [1.29, 1.82) is 0 Å². The van der Waals surface area contributed by atoms with Gasteiger partial charge in [-0.15, -0.1) is 0 Å². The first-order valence-electron chi connectivity index (χ1n) is 11.6. The second-order valence-electron chi connectivity index (χ2n) is 10.3. The van der Waals surface area contributed by atoms with Gasteiger partial charge in [0.05, 0.1) is 5.92 Å². The summed E-state index contributed by atoms with van der Waals surface area (Å²) in [6.45, 7) is 12.2. The summed E-state index contributed by atoms with van der Waals surface area (Å²) in [6.07, 6.45) is 1.51. The first kappa shape index (κ1) is 24.6. The van der Waals surface area contributed by atoms with E-state index in [1.165, 1.54) is 12.5 Å². The van der Waals surface area contributed by atoms with E-state index < -0.39 is 6.04 Å². The molecule has 0 bridgehead atoms. The SMILES string of the molecule is CC(=O)N1CCC(C(=O)N[C@@H](C(=O)N2CCC(c3ccc(Cl)cc3)C(C)(C)C2)C(C)C)C1. The molecule has 0 radical (unpaired) electrons. The summed E-state index contributed by atoms with van der Waals surface area (Å²) in [5, 5.41) is 3.73. The largest absolute Gasteiger partial charge is 0.344 e. The molecule has 0 spiro atoms. The zero-order chi connectivity index (χ0) is 23.6. The summed E-state index contributed by atoms with van der Waals surface area (Å²) in [7, 11) is 0. The summed E-state index contributed by atoms with van der Waals surface area (Å²) >= 11 is 6.06. The van der Waals surface area contributed by atoms with Gasteiger partial charge in [0.2, 0.25) is 17.7 Å². The van der Waals surface area contributed by atoms with Crippen molar-refractivity contribution in [1.82, 2.24) is 15.1 Å². The van der Waals surface area contributed by atoms with Gasteiger partial charge in [-0.25, -0.2) is 0 Å². The minimum Gasteiger partial charge on any atom is -0.344 e. The molecule has 3 amide bonds. The number of carbonyl (C=O) groups is 3. The Morgan fingerprint density at radius 1 is 1.06 bits per heavy atom. The number of nitrogens with one attached hydrogen (secondary N) is 1. The molecule has 3 rings (SSSR count). The van der Waals surface area contributed by atoms with Crippen molar-refractivity contribution >= 4 is 29.3 Å². The van der Waals surface area contributed by atoms with E-state index in [-0.39, 0.29) is 35.0 Å². The third-order valence-electron chi connectivity index (χ3n) is 7.05. The van der Waals surface area contributed by atoms with Crippen LogP contribution in [0.4, 0.5) is 0 Å². The van der Waals surface area contributed by atoms with Crippen LogP contribution in [0.2, 0.25) is 5.02 Å². The molecule has 1 aromatic carbocycles. The molecular weight excluding hydrogens is 426 g/mol. The minimum absolute atomic E-state index is 0.0115. The van der Waals surface area contributed by atoms with Crippen molar-refractivity contribution in [3.8, 4) is 0 Å².